The summed E-state index contributed by atoms with van der Waals surface area (Å²) in [4.78, 5) is 0. The highest BCUT2D eigenvalue weighted by molar-refractivity contribution is 6.80. The molecule has 2 aromatic carbocycles. The predicted octanol–water partition coefficient (Wildman–Crippen LogP) is 12.7. The van der Waals surface area contributed by atoms with Crippen LogP contribution in [0.2, 0.25) is 24.2 Å². The molecule has 2 aromatic rings. The minimum absolute atomic E-state index is 0.797. The van der Waals surface area contributed by atoms with Crippen molar-refractivity contribution < 1.29 is 0 Å². The molecule has 0 amide bonds. The Balaban J connectivity index is 1.23. The van der Waals surface area contributed by atoms with Crippen molar-refractivity contribution >= 4 is 8.07 Å². The van der Waals surface area contributed by atoms with E-state index < -0.39 is 8.07 Å². The predicted molar refractivity (Wildman–Crippen MR) is 195 cm³/mol. The fourth-order valence-electron chi connectivity index (χ4n) is 14.8. The molecule has 0 spiro atoms. The van der Waals surface area contributed by atoms with E-state index in [1.54, 1.807) is 49.7 Å². The van der Waals surface area contributed by atoms with Gasteiger partial charge in [-0.3, -0.25) is 0 Å². The summed E-state index contributed by atoms with van der Waals surface area (Å²) in [5.41, 5.74) is 11.4. The van der Waals surface area contributed by atoms with E-state index in [2.05, 4.69) is 77.2 Å². The van der Waals surface area contributed by atoms with Crippen LogP contribution in [0.3, 0.4) is 0 Å². The molecule has 0 aromatic heterocycles. The maximum Gasteiger partial charge on any atom is 0.0553 e. The molecule has 244 valence electrons. The van der Waals surface area contributed by atoms with Crippen LogP contribution in [0.25, 0.3) is 0 Å². The molecule has 0 aliphatic heterocycles. The topological polar surface area (TPSA) is 0 Å². The van der Waals surface area contributed by atoms with Gasteiger partial charge in [-0.2, -0.15) is 0 Å². The number of rotatable bonds is 4. The van der Waals surface area contributed by atoms with Crippen LogP contribution in [0.5, 0.6) is 0 Å². The molecule has 0 N–H and O–H groups in total. The molecule has 6 saturated carbocycles. The van der Waals surface area contributed by atoms with Crippen LogP contribution in [0.15, 0.2) is 36.4 Å². The highest BCUT2D eigenvalue weighted by atomic mass is 28.3. The molecule has 0 nitrogen and oxygen atoms in total. The maximum absolute atomic E-state index is 2.98. The van der Waals surface area contributed by atoms with Gasteiger partial charge in [0.25, 0.3) is 0 Å². The highest BCUT2D eigenvalue weighted by Gasteiger charge is 2.62. The molecule has 1 heteroatoms. The lowest BCUT2D eigenvalue weighted by molar-refractivity contribution is 0.0688. The fourth-order valence-corrected chi connectivity index (χ4v) is 21.0. The number of aryl methyl sites for hydroxylation is 4. The standard InChI is InChI=1S/C44H64Si/c1-27-19-28(2)22-33(21-27)39-25-41-35-13-9-7-11-31(35)15-17-37(41)43(39)45(5,6)44-38-18-16-32-12-8-10-14-36(32)42(38)26-40(44)34-23-29(3)20-30(4)24-34/h19-24,31-32,35-44H,7-18,25-26H2,1-6H3. The van der Waals surface area contributed by atoms with Crippen LogP contribution in [-0.4, -0.2) is 8.07 Å². The Morgan fingerprint density at radius 1 is 0.422 bits per heavy atom. The van der Waals surface area contributed by atoms with Gasteiger partial charge in [0.15, 0.2) is 0 Å². The zero-order valence-electron chi connectivity index (χ0n) is 29.8. The molecule has 6 aliphatic carbocycles. The van der Waals surface area contributed by atoms with Crippen LogP contribution in [0.1, 0.15) is 135 Å². The van der Waals surface area contributed by atoms with Gasteiger partial charge in [-0.15, -0.1) is 0 Å². The highest BCUT2D eigenvalue weighted by Crippen LogP contribution is 2.71. The maximum atomic E-state index is 2.98. The molecule has 6 aliphatic rings. The van der Waals surface area contributed by atoms with Gasteiger partial charge >= 0.3 is 0 Å². The summed E-state index contributed by atoms with van der Waals surface area (Å²) < 4.78 is 0. The second-order valence-corrected chi connectivity index (χ2v) is 23.6. The molecule has 8 rings (SSSR count). The van der Waals surface area contributed by atoms with Gasteiger partial charge in [0.05, 0.1) is 8.07 Å². The first-order valence-corrected chi connectivity index (χ1v) is 23.0. The van der Waals surface area contributed by atoms with Crippen LogP contribution in [0.4, 0.5) is 0 Å². The smallest absolute Gasteiger partial charge is 0.0553 e. The van der Waals surface area contributed by atoms with Gasteiger partial charge in [-0.25, -0.2) is 0 Å². The van der Waals surface area contributed by atoms with Gasteiger partial charge in [0.1, 0.15) is 0 Å². The van der Waals surface area contributed by atoms with Gasteiger partial charge in [-0.05, 0) is 160 Å². The Bertz CT molecular complexity index is 1240. The zero-order valence-corrected chi connectivity index (χ0v) is 30.8. The van der Waals surface area contributed by atoms with Crippen molar-refractivity contribution in [1.29, 1.82) is 0 Å². The third kappa shape index (κ3) is 5.36. The van der Waals surface area contributed by atoms with Crippen LogP contribution < -0.4 is 0 Å². The Morgan fingerprint density at radius 3 is 1.20 bits per heavy atom. The van der Waals surface area contributed by atoms with E-state index in [4.69, 9.17) is 0 Å². The first kappa shape index (κ1) is 31.0. The molecule has 6 fully saturated rings. The second kappa shape index (κ2) is 12.0. The van der Waals surface area contributed by atoms with Crippen molar-refractivity contribution in [3.63, 3.8) is 0 Å². The van der Waals surface area contributed by atoms with Gasteiger partial charge in [0, 0.05) is 0 Å². The number of benzene rings is 2. The van der Waals surface area contributed by atoms with Crippen LogP contribution >= 0.6 is 0 Å². The molecule has 12 atom stereocenters. The Morgan fingerprint density at radius 2 is 0.800 bits per heavy atom. The largest absolute Gasteiger partial charge is 0.0689 e. The van der Waals surface area contributed by atoms with E-state index in [-0.39, 0.29) is 0 Å². The minimum Gasteiger partial charge on any atom is -0.0689 e. The number of fused-ring (bicyclic) bond motifs is 6. The van der Waals surface area contributed by atoms with Crippen molar-refractivity contribution in [2.75, 3.05) is 0 Å². The second-order valence-electron chi connectivity index (χ2n) is 18.6. The lowest BCUT2D eigenvalue weighted by Crippen LogP contribution is -2.48. The molecular formula is C44H64Si. The summed E-state index contributed by atoms with van der Waals surface area (Å²) in [7, 11) is -1.73. The summed E-state index contributed by atoms with van der Waals surface area (Å²) in [6.07, 6.45) is 21.4. The van der Waals surface area contributed by atoms with E-state index in [1.165, 1.54) is 73.6 Å². The Kier molecular flexibility index (Phi) is 8.23. The van der Waals surface area contributed by atoms with Gasteiger partial charge in [0.2, 0.25) is 0 Å². The average Bonchev–Trinajstić information content (AvgIpc) is 3.61. The fraction of sp³-hybridized carbons (Fsp3) is 0.727. The van der Waals surface area contributed by atoms with E-state index in [9.17, 15) is 0 Å². The third-order valence-electron chi connectivity index (χ3n) is 15.8. The van der Waals surface area contributed by atoms with Crippen molar-refractivity contribution in [2.24, 2.45) is 47.3 Å². The first-order chi connectivity index (χ1) is 21.7. The zero-order chi connectivity index (χ0) is 31.0. The van der Waals surface area contributed by atoms with E-state index in [1.807, 2.05) is 0 Å². The van der Waals surface area contributed by atoms with Gasteiger partial charge < -0.3 is 0 Å². The lowest BCUT2D eigenvalue weighted by atomic mass is 9.62. The summed E-state index contributed by atoms with van der Waals surface area (Å²) in [6, 6.07) is 15.5. The number of hydrogen-bond acceptors (Lipinski definition) is 0. The summed E-state index contributed by atoms with van der Waals surface area (Å²) >= 11 is 0. The van der Waals surface area contributed by atoms with Crippen LogP contribution in [0, 0.1) is 75.0 Å². The average molecular weight is 621 g/mol. The SMILES string of the molecule is Cc1cc(C)cc(C2CC3C4CCCCC4CCC3C2[Si](C)(C)C2C(c3cc(C)cc(C)c3)CC3C4CCCCC4CCC32)c1. The summed E-state index contributed by atoms with van der Waals surface area (Å²) in [5.74, 6) is 9.72. The Labute approximate surface area is 278 Å². The molecule has 0 saturated heterocycles. The van der Waals surface area contributed by atoms with Gasteiger partial charge in [-0.1, -0.05) is 110 Å². The molecule has 12 unspecified atom stereocenters. The normalized spacial score (nSPS) is 41.2. The van der Waals surface area contributed by atoms with Crippen molar-refractivity contribution in [2.45, 2.75) is 154 Å². The van der Waals surface area contributed by atoms with Crippen molar-refractivity contribution in [3.05, 3.63) is 69.8 Å². The van der Waals surface area contributed by atoms with Crippen molar-refractivity contribution in [3.8, 4) is 0 Å². The number of hydrogen-bond donors (Lipinski definition) is 0. The van der Waals surface area contributed by atoms with E-state index in [0.29, 0.717) is 0 Å². The van der Waals surface area contributed by atoms with E-state index in [0.717, 1.165) is 70.3 Å². The molecule has 0 radical (unpaired) electrons. The minimum atomic E-state index is -1.73. The first-order valence-electron chi connectivity index (χ1n) is 19.9. The molecular weight excluding hydrogens is 557 g/mol. The van der Waals surface area contributed by atoms with Crippen LogP contribution in [-0.2, 0) is 0 Å². The summed E-state index contributed by atoms with van der Waals surface area (Å²) in [6.45, 7) is 15.4. The molecule has 0 heterocycles. The molecule has 0 bridgehead atoms. The molecule has 45 heavy (non-hydrogen) atoms. The van der Waals surface area contributed by atoms with Crippen molar-refractivity contribution in [1.82, 2.24) is 0 Å². The van der Waals surface area contributed by atoms with E-state index >= 15 is 0 Å². The summed E-state index contributed by atoms with van der Waals surface area (Å²) in [5, 5.41) is 0. The lowest BCUT2D eigenvalue weighted by Gasteiger charge is -2.52. The Hall–Kier alpha value is -1.34. The quantitative estimate of drug-likeness (QED) is 0.298. The monoisotopic (exact) mass is 620 g/mol. The third-order valence-corrected chi connectivity index (χ3v) is 20.9.